The second-order valence-corrected chi connectivity index (χ2v) is 2.83. The number of rotatable bonds is 7. The molecule has 0 saturated carbocycles. The third-order valence-corrected chi connectivity index (χ3v) is 1.62. The van der Waals surface area contributed by atoms with Gasteiger partial charge in [-0.05, 0) is 5.57 Å². The van der Waals surface area contributed by atoms with E-state index in [1.807, 2.05) is 0 Å². The van der Waals surface area contributed by atoms with Gasteiger partial charge in [-0.1, -0.05) is 31.4 Å². The van der Waals surface area contributed by atoms with Crippen molar-refractivity contribution in [3.8, 4) is 0 Å². The van der Waals surface area contributed by atoms with Gasteiger partial charge in [-0.25, -0.2) is 0 Å². The number of nitrogens with one attached hydrogen (secondary N) is 1. The minimum absolute atomic E-state index is 0.297. The molecular weight excluding hydrogens is 194 g/mol. The number of aliphatic hydroxyl groups excluding tert-OH is 1. The molecule has 0 rings (SSSR count). The highest BCUT2D eigenvalue weighted by Crippen LogP contribution is 1.94. The van der Waals surface area contributed by atoms with E-state index in [0.29, 0.717) is 6.54 Å². The van der Waals surface area contributed by atoms with Crippen LogP contribution in [0.2, 0.25) is 0 Å². The molecule has 0 fully saturated rings. The van der Waals surface area contributed by atoms with Crippen molar-refractivity contribution in [2.24, 2.45) is 0 Å². The standard InChI is InChI=1S/C11H15NO3/c1-3-5-9(4-2)7-12-11(15)6-10(14)8-13/h3-5,13H,1-2,6-8H2,(H,12,15)/b9-5+. The maximum absolute atomic E-state index is 11.1. The molecule has 0 spiro atoms. The number of allylic oxidation sites excluding steroid dienone is 2. The Hall–Kier alpha value is -1.68. The summed E-state index contributed by atoms with van der Waals surface area (Å²) in [5.41, 5.74) is 0.801. The highest BCUT2D eigenvalue weighted by molar-refractivity contribution is 5.98. The lowest BCUT2D eigenvalue weighted by Crippen LogP contribution is -2.28. The van der Waals surface area contributed by atoms with Gasteiger partial charge in [-0.15, -0.1) is 0 Å². The molecule has 1 amide bonds. The monoisotopic (exact) mass is 209 g/mol. The highest BCUT2D eigenvalue weighted by atomic mass is 16.3. The van der Waals surface area contributed by atoms with E-state index in [1.54, 1.807) is 18.2 Å². The van der Waals surface area contributed by atoms with Crippen molar-refractivity contribution in [2.75, 3.05) is 13.2 Å². The van der Waals surface area contributed by atoms with Crippen LogP contribution in [0.25, 0.3) is 0 Å². The molecule has 0 aromatic rings. The van der Waals surface area contributed by atoms with Gasteiger partial charge in [-0.3, -0.25) is 9.59 Å². The first-order chi connectivity index (χ1) is 7.13. The fraction of sp³-hybridized carbons (Fsp3) is 0.273. The van der Waals surface area contributed by atoms with Gasteiger partial charge in [0.05, 0.1) is 6.42 Å². The third kappa shape index (κ3) is 6.40. The molecule has 0 bridgehead atoms. The van der Waals surface area contributed by atoms with Gasteiger partial charge >= 0.3 is 0 Å². The number of carbonyl (C=O) groups is 2. The van der Waals surface area contributed by atoms with E-state index in [4.69, 9.17) is 5.11 Å². The maximum Gasteiger partial charge on any atom is 0.227 e. The molecule has 0 aromatic carbocycles. The molecular formula is C11H15NO3. The summed E-state index contributed by atoms with van der Waals surface area (Å²) >= 11 is 0. The summed E-state index contributed by atoms with van der Waals surface area (Å²) in [6.45, 7) is 6.77. The molecule has 82 valence electrons. The molecule has 0 aliphatic heterocycles. The number of Topliss-reactive ketones (excluding diaryl/α,β-unsaturated/α-hetero) is 1. The molecule has 0 atom stereocenters. The Morgan fingerprint density at radius 3 is 2.47 bits per heavy atom. The average Bonchev–Trinajstić information content (AvgIpc) is 2.23. The molecule has 0 aliphatic carbocycles. The van der Waals surface area contributed by atoms with E-state index in [9.17, 15) is 9.59 Å². The average molecular weight is 209 g/mol. The number of hydrogen-bond donors (Lipinski definition) is 2. The second kappa shape index (κ2) is 7.70. The first-order valence-electron chi connectivity index (χ1n) is 4.47. The van der Waals surface area contributed by atoms with Crippen LogP contribution in [0.4, 0.5) is 0 Å². The lowest BCUT2D eigenvalue weighted by atomic mass is 10.2. The lowest BCUT2D eigenvalue weighted by Gasteiger charge is -2.04. The second-order valence-electron chi connectivity index (χ2n) is 2.83. The Morgan fingerprint density at radius 1 is 1.33 bits per heavy atom. The summed E-state index contributed by atoms with van der Waals surface area (Å²) in [6.07, 6.45) is 4.59. The summed E-state index contributed by atoms with van der Waals surface area (Å²) < 4.78 is 0. The van der Waals surface area contributed by atoms with Crippen molar-refractivity contribution >= 4 is 11.7 Å². The van der Waals surface area contributed by atoms with Crippen molar-refractivity contribution in [3.05, 3.63) is 37.0 Å². The van der Waals surface area contributed by atoms with Crippen LogP contribution in [0.1, 0.15) is 6.42 Å². The SMILES string of the molecule is C=C/C=C(\C=C)CNC(=O)CC(=O)CO. The largest absolute Gasteiger partial charge is 0.389 e. The number of carbonyl (C=O) groups excluding carboxylic acids is 2. The van der Waals surface area contributed by atoms with Gasteiger partial charge in [0.15, 0.2) is 5.78 Å². The summed E-state index contributed by atoms with van der Waals surface area (Å²) in [6, 6.07) is 0. The molecule has 0 unspecified atom stereocenters. The zero-order valence-electron chi connectivity index (χ0n) is 8.53. The Labute approximate surface area is 89.0 Å². The Morgan fingerprint density at radius 2 is 2.00 bits per heavy atom. The van der Waals surface area contributed by atoms with Crippen molar-refractivity contribution in [1.82, 2.24) is 5.32 Å². The minimum atomic E-state index is -0.607. The summed E-state index contributed by atoms with van der Waals surface area (Å²) in [5, 5.41) is 10.9. The molecule has 4 nitrogen and oxygen atoms in total. The topological polar surface area (TPSA) is 66.4 Å². The number of ketones is 1. The van der Waals surface area contributed by atoms with Crippen LogP contribution in [0.3, 0.4) is 0 Å². The number of aliphatic hydroxyl groups is 1. The van der Waals surface area contributed by atoms with Crippen molar-refractivity contribution in [2.45, 2.75) is 6.42 Å². The van der Waals surface area contributed by atoms with Crippen molar-refractivity contribution < 1.29 is 14.7 Å². The Bertz CT molecular complexity index is 292. The van der Waals surface area contributed by atoms with Gasteiger partial charge in [0.1, 0.15) is 6.61 Å². The first-order valence-corrected chi connectivity index (χ1v) is 4.47. The minimum Gasteiger partial charge on any atom is -0.389 e. The fourth-order valence-corrected chi connectivity index (χ4v) is 0.849. The van der Waals surface area contributed by atoms with Crippen LogP contribution in [-0.4, -0.2) is 29.9 Å². The molecule has 0 aromatic heterocycles. The van der Waals surface area contributed by atoms with Crippen LogP contribution < -0.4 is 5.32 Å². The smallest absolute Gasteiger partial charge is 0.227 e. The summed E-state index contributed by atoms with van der Waals surface area (Å²) in [7, 11) is 0. The molecule has 0 aliphatic rings. The zero-order chi connectivity index (χ0) is 11.7. The van der Waals surface area contributed by atoms with E-state index in [-0.39, 0.29) is 6.42 Å². The van der Waals surface area contributed by atoms with Gasteiger partial charge in [-0.2, -0.15) is 0 Å². The number of hydrogen-bond acceptors (Lipinski definition) is 3. The van der Waals surface area contributed by atoms with Gasteiger partial charge < -0.3 is 10.4 Å². The van der Waals surface area contributed by atoms with E-state index in [0.717, 1.165) is 5.57 Å². The Balaban J connectivity index is 3.99. The van der Waals surface area contributed by atoms with Crippen LogP contribution >= 0.6 is 0 Å². The number of amides is 1. The third-order valence-electron chi connectivity index (χ3n) is 1.62. The Kier molecular flexibility index (Phi) is 6.84. The van der Waals surface area contributed by atoms with Gasteiger partial charge in [0, 0.05) is 6.54 Å². The highest BCUT2D eigenvalue weighted by Gasteiger charge is 2.07. The predicted molar refractivity (Wildman–Crippen MR) is 58.2 cm³/mol. The quantitative estimate of drug-likeness (QED) is 0.469. The summed E-state index contributed by atoms with van der Waals surface area (Å²) in [4.78, 5) is 21.8. The van der Waals surface area contributed by atoms with Gasteiger partial charge in [0.2, 0.25) is 5.91 Å². The van der Waals surface area contributed by atoms with E-state index in [1.165, 1.54) is 0 Å². The first kappa shape index (κ1) is 13.3. The predicted octanol–water partition coefficient (Wildman–Crippen LogP) is 0.352. The molecule has 4 heteroatoms. The maximum atomic E-state index is 11.1. The molecule has 0 saturated heterocycles. The van der Waals surface area contributed by atoms with Crippen molar-refractivity contribution in [1.29, 1.82) is 0 Å². The van der Waals surface area contributed by atoms with Crippen LogP contribution in [0.15, 0.2) is 37.0 Å². The summed E-state index contributed by atoms with van der Waals surface area (Å²) in [5.74, 6) is -0.911. The fourth-order valence-electron chi connectivity index (χ4n) is 0.849. The molecule has 2 N–H and O–H groups in total. The lowest BCUT2D eigenvalue weighted by molar-refractivity contribution is -0.129. The van der Waals surface area contributed by atoms with E-state index in [2.05, 4.69) is 18.5 Å². The normalized spacial score (nSPS) is 10.6. The van der Waals surface area contributed by atoms with Crippen LogP contribution in [0.5, 0.6) is 0 Å². The molecule has 0 heterocycles. The van der Waals surface area contributed by atoms with Crippen LogP contribution in [-0.2, 0) is 9.59 Å². The molecule has 15 heavy (non-hydrogen) atoms. The molecule has 0 radical (unpaired) electrons. The van der Waals surface area contributed by atoms with Crippen LogP contribution in [0, 0.1) is 0 Å². The van der Waals surface area contributed by atoms with Crippen molar-refractivity contribution in [3.63, 3.8) is 0 Å². The van der Waals surface area contributed by atoms with E-state index < -0.39 is 18.3 Å². The van der Waals surface area contributed by atoms with E-state index >= 15 is 0 Å². The zero-order valence-corrected chi connectivity index (χ0v) is 8.53. The van der Waals surface area contributed by atoms with Gasteiger partial charge in [0.25, 0.3) is 0 Å².